The maximum absolute atomic E-state index is 12.9. The van der Waals surface area contributed by atoms with Crippen molar-refractivity contribution in [1.29, 1.82) is 0 Å². The Hall–Kier alpha value is -2.78. The molecule has 0 fully saturated rings. The van der Waals surface area contributed by atoms with E-state index in [1.165, 1.54) is 11.3 Å². The van der Waals surface area contributed by atoms with Crippen molar-refractivity contribution < 1.29 is 18.7 Å². The molecular weight excluding hydrogens is 509 g/mol. The van der Waals surface area contributed by atoms with E-state index in [0.717, 1.165) is 34.3 Å². The number of nitrogens with zero attached hydrogens (tertiary/aromatic N) is 2. The predicted molar refractivity (Wildman–Crippen MR) is 138 cm³/mol. The van der Waals surface area contributed by atoms with Crippen molar-refractivity contribution in [3.05, 3.63) is 80.1 Å². The minimum Gasteiger partial charge on any atom is -0.486 e. The minimum atomic E-state index is -0.130. The number of rotatable bonds is 11. The number of hydrogen-bond donors (Lipinski definition) is 1. The summed E-state index contributed by atoms with van der Waals surface area (Å²) in [6, 6.07) is 10.7. The molecule has 3 heterocycles. The number of carbonyl (C=O) groups excluding carboxylic acids is 1. The first-order valence-electron chi connectivity index (χ1n) is 11.0. The number of methoxy groups -OCH3 is 1. The van der Waals surface area contributed by atoms with Crippen LogP contribution in [0.5, 0.6) is 5.75 Å². The van der Waals surface area contributed by atoms with E-state index in [4.69, 9.17) is 42.1 Å². The maximum Gasteiger partial charge on any atom is 0.253 e. The van der Waals surface area contributed by atoms with Gasteiger partial charge in [0.2, 0.25) is 0 Å². The molecule has 0 bridgehead atoms. The van der Waals surface area contributed by atoms with Crippen molar-refractivity contribution in [2.45, 2.75) is 26.5 Å². The molecule has 35 heavy (non-hydrogen) atoms. The number of ether oxygens (including phenoxy) is 2. The van der Waals surface area contributed by atoms with Crippen LogP contribution in [-0.2, 0) is 17.9 Å². The molecule has 0 saturated heterocycles. The topological polar surface area (TPSA) is 78.5 Å². The Morgan fingerprint density at radius 3 is 2.74 bits per heavy atom. The van der Waals surface area contributed by atoms with E-state index in [2.05, 4.69) is 5.32 Å². The second-order valence-corrected chi connectivity index (χ2v) is 9.63. The molecule has 0 saturated carbocycles. The average molecular weight is 534 g/mol. The molecule has 0 atom stereocenters. The van der Waals surface area contributed by atoms with E-state index in [-0.39, 0.29) is 12.5 Å². The summed E-state index contributed by atoms with van der Waals surface area (Å²) in [5.74, 6) is 1.23. The smallest absolute Gasteiger partial charge is 0.253 e. The van der Waals surface area contributed by atoms with Gasteiger partial charge in [-0.25, -0.2) is 4.98 Å². The molecule has 4 aromatic rings. The molecule has 7 nitrogen and oxygen atoms in total. The zero-order chi connectivity index (χ0) is 24.8. The Bertz CT molecular complexity index is 1260. The van der Waals surface area contributed by atoms with Gasteiger partial charge in [0.25, 0.3) is 5.91 Å². The second-order valence-electron chi connectivity index (χ2n) is 7.82. The summed E-state index contributed by atoms with van der Waals surface area (Å²) in [5.41, 5.74) is 3.02. The number of amides is 1. The fourth-order valence-electron chi connectivity index (χ4n) is 3.61. The Morgan fingerprint density at radius 2 is 2.03 bits per heavy atom. The highest BCUT2D eigenvalue weighted by molar-refractivity contribution is 7.09. The van der Waals surface area contributed by atoms with Crippen molar-refractivity contribution in [1.82, 2.24) is 14.9 Å². The van der Waals surface area contributed by atoms with Crippen LogP contribution >= 0.6 is 34.5 Å². The molecular formula is C25H25Cl2N3O4S. The molecule has 3 aromatic heterocycles. The third-order valence-corrected chi connectivity index (χ3v) is 6.59. The van der Waals surface area contributed by atoms with Crippen molar-refractivity contribution in [3.63, 3.8) is 0 Å². The highest BCUT2D eigenvalue weighted by atomic mass is 35.5. The molecule has 184 valence electrons. The number of benzene rings is 1. The van der Waals surface area contributed by atoms with Crippen molar-refractivity contribution >= 4 is 40.4 Å². The van der Waals surface area contributed by atoms with Gasteiger partial charge in [-0.15, -0.1) is 11.3 Å². The van der Waals surface area contributed by atoms with Crippen LogP contribution in [0.15, 0.2) is 52.5 Å². The summed E-state index contributed by atoms with van der Waals surface area (Å²) in [6.45, 7) is 3.81. The lowest BCUT2D eigenvalue weighted by Gasteiger charge is -2.09. The van der Waals surface area contributed by atoms with Crippen LogP contribution < -0.4 is 10.1 Å². The van der Waals surface area contributed by atoms with E-state index in [1.54, 1.807) is 31.6 Å². The van der Waals surface area contributed by atoms with E-state index < -0.39 is 0 Å². The number of carbonyl (C=O) groups is 1. The Balaban J connectivity index is 1.56. The summed E-state index contributed by atoms with van der Waals surface area (Å²) in [5, 5.41) is 6.71. The molecule has 10 heteroatoms. The van der Waals surface area contributed by atoms with Crippen LogP contribution in [0, 0.1) is 6.92 Å². The lowest BCUT2D eigenvalue weighted by molar-refractivity contribution is 0.0948. The van der Waals surface area contributed by atoms with Crippen molar-refractivity contribution in [2.75, 3.05) is 20.3 Å². The third-order valence-electron chi connectivity index (χ3n) is 5.33. The number of furan rings is 1. The van der Waals surface area contributed by atoms with Gasteiger partial charge < -0.3 is 23.8 Å². The first-order chi connectivity index (χ1) is 16.9. The molecule has 4 rings (SSSR count). The zero-order valence-electron chi connectivity index (χ0n) is 19.3. The monoisotopic (exact) mass is 533 g/mol. The fraction of sp³-hybridized carbons (Fsp3) is 0.280. The lowest BCUT2D eigenvalue weighted by atomic mass is 10.2. The van der Waals surface area contributed by atoms with Gasteiger partial charge in [0.15, 0.2) is 0 Å². The lowest BCUT2D eigenvalue weighted by Crippen LogP contribution is -2.25. The number of aromatic nitrogens is 2. The molecule has 0 unspecified atom stereocenters. The molecule has 0 spiro atoms. The standard InChI is InChI=1S/C25H25Cl2N3O4S/c1-16-21(25(31)28-6-4-7-32-2)12-23(30(16)13-19-5-3-8-33-19)22-15-35-24(29-22)14-34-20-10-17(26)9-18(27)11-20/h3,5,8-12,15H,4,6-7,13-14H2,1-2H3,(H,28,31). The Labute approximate surface area is 217 Å². The van der Waals surface area contributed by atoms with Crippen LogP contribution in [0.3, 0.4) is 0 Å². The second kappa shape index (κ2) is 11.8. The first kappa shape index (κ1) is 25.3. The highest BCUT2D eigenvalue weighted by Crippen LogP contribution is 2.30. The third kappa shape index (κ3) is 6.46. The van der Waals surface area contributed by atoms with Crippen LogP contribution in [0.25, 0.3) is 11.4 Å². The van der Waals surface area contributed by atoms with Gasteiger partial charge in [0.05, 0.1) is 29.8 Å². The number of hydrogen-bond acceptors (Lipinski definition) is 6. The highest BCUT2D eigenvalue weighted by Gasteiger charge is 2.21. The predicted octanol–water partition coefficient (Wildman–Crippen LogP) is 6.21. The largest absolute Gasteiger partial charge is 0.486 e. The number of halogens is 2. The fourth-order valence-corrected chi connectivity index (χ4v) is 4.82. The summed E-state index contributed by atoms with van der Waals surface area (Å²) in [7, 11) is 1.64. The molecule has 0 aliphatic carbocycles. The summed E-state index contributed by atoms with van der Waals surface area (Å²) in [6.07, 6.45) is 2.38. The number of thiazole rings is 1. The Kier molecular flexibility index (Phi) is 8.51. The van der Waals surface area contributed by atoms with E-state index in [9.17, 15) is 4.79 Å². The SMILES string of the molecule is COCCCNC(=O)c1cc(-c2csc(COc3cc(Cl)cc(Cl)c3)n2)n(Cc2ccco2)c1C. The van der Waals surface area contributed by atoms with Crippen molar-refractivity contribution in [2.24, 2.45) is 0 Å². The van der Waals surface area contributed by atoms with Gasteiger partial charge in [-0.1, -0.05) is 23.2 Å². The van der Waals surface area contributed by atoms with Crippen LogP contribution in [0.2, 0.25) is 10.0 Å². The summed E-state index contributed by atoms with van der Waals surface area (Å²) < 4.78 is 18.5. The molecule has 1 aromatic carbocycles. The van der Waals surface area contributed by atoms with E-state index in [0.29, 0.717) is 41.1 Å². The molecule has 0 aliphatic rings. The summed E-state index contributed by atoms with van der Waals surface area (Å²) in [4.78, 5) is 17.7. The van der Waals surface area contributed by atoms with Gasteiger partial charge >= 0.3 is 0 Å². The minimum absolute atomic E-state index is 0.130. The summed E-state index contributed by atoms with van der Waals surface area (Å²) >= 11 is 13.6. The maximum atomic E-state index is 12.9. The van der Waals surface area contributed by atoms with Gasteiger partial charge in [0.1, 0.15) is 23.1 Å². The van der Waals surface area contributed by atoms with Crippen LogP contribution in [0.4, 0.5) is 0 Å². The van der Waals surface area contributed by atoms with Gasteiger partial charge in [-0.2, -0.15) is 0 Å². The zero-order valence-corrected chi connectivity index (χ0v) is 21.7. The average Bonchev–Trinajstić information content (AvgIpc) is 3.57. The normalized spacial score (nSPS) is 11.1. The number of nitrogens with one attached hydrogen (secondary N) is 1. The van der Waals surface area contributed by atoms with E-state index in [1.807, 2.05) is 35.1 Å². The quantitative estimate of drug-likeness (QED) is 0.232. The molecule has 1 N–H and O–H groups in total. The molecule has 0 radical (unpaired) electrons. The van der Waals surface area contributed by atoms with Crippen LogP contribution in [0.1, 0.15) is 33.2 Å². The van der Waals surface area contributed by atoms with Crippen molar-refractivity contribution in [3.8, 4) is 17.1 Å². The van der Waals surface area contributed by atoms with E-state index >= 15 is 0 Å². The van der Waals surface area contributed by atoms with Gasteiger partial charge in [-0.3, -0.25) is 4.79 Å². The Morgan fingerprint density at radius 1 is 1.23 bits per heavy atom. The van der Waals surface area contributed by atoms with Crippen LogP contribution in [-0.4, -0.2) is 35.7 Å². The first-order valence-corrected chi connectivity index (χ1v) is 12.6. The molecule has 0 aliphatic heterocycles. The van der Waals surface area contributed by atoms with Gasteiger partial charge in [-0.05, 0) is 49.7 Å². The molecule has 1 amide bonds. The van der Waals surface area contributed by atoms with Gasteiger partial charge in [0, 0.05) is 41.4 Å².